The van der Waals surface area contributed by atoms with Crippen molar-refractivity contribution in [3.8, 4) is 17.0 Å². The lowest BCUT2D eigenvalue weighted by Crippen LogP contribution is -2.25. The minimum Gasteiger partial charge on any atom is -0.492 e. The summed E-state index contributed by atoms with van der Waals surface area (Å²) >= 11 is 5.71. The van der Waals surface area contributed by atoms with Gasteiger partial charge in [0.05, 0.1) is 5.88 Å². The van der Waals surface area contributed by atoms with E-state index in [-0.39, 0.29) is 0 Å². The number of rotatable bonds is 6. The van der Waals surface area contributed by atoms with Crippen molar-refractivity contribution in [1.82, 2.24) is 10.1 Å². The molecule has 0 saturated carbocycles. The predicted octanol–water partition coefficient (Wildman–Crippen LogP) is 3.56. The molecule has 0 unspecified atom stereocenters. The summed E-state index contributed by atoms with van der Waals surface area (Å²) in [5.74, 6) is 1.90. The molecule has 5 heteroatoms. The van der Waals surface area contributed by atoms with Crippen LogP contribution in [0.4, 0.5) is 0 Å². The van der Waals surface area contributed by atoms with Crippen molar-refractivity contribution in [1.29, 1.82) is 0 Å². The van der Waals surface area contributed by atoms with E-state index in [2.05, 4.69) is 10.1 Å². The summed E-state index contributed by atoms with van der Waals surface area (Å²) in [4.78, 5) is 2.44. The highest BCUT2D eigenvalue weighted by atomic mass is 35.5. The number of nitrogens with zero attached hydrogens (tertiary/aromatic N) is 2. The van der Waals surface area contributed by atoms with Crippen LogP contribution in [0, 0.1) is 0 Å². The maximum absolute atomic E-state index is 5.78. The summed E-state index contributed by atoms with van der Waals surface area (Å²) in [5, 5.41) is 3.99. The van der Waals surface area contributed by atoms with Gasteiger partial charge < -0.3 is 9.26 Å². The topological polar surface area (TPSA) is 38.5 Å². The van der Waals surface area contributed by atoms with Gasteiger partial charge in [0, 0.05) is 18.2 Å². The van der Waals surface area contributed by atoms with Crippen molar-refractivity contribution in [2.24, 2.45) is 0 Å². The van der Waals surface area contributed by atoms with E-state index in [1.54, 1.807) is 0 Å². The van der Waals surface area contributed by atoms with Crippen LogP contribution in [-0.4, -0.2) is 36.3 Å². The highest BCUT2D eigenvalue weighted by Gasteiger charge is 2.11. The van der Waals surface area contributed by atoms with Gasteiger partial charge in [-0.3, -0.25) is 4.90 Å². The Morgan fingerprint density at radius 2 is 1.95 bits per heavy atom. The summed E-state index contributed by atoms with van der Waals surface area (Å²) < 4.78 is 10.9. The lowest BCUT2D eigenvalue weighted by molar-refractivity contribution is 0.238. The Morgan fingerprint density at radius 1 is 1.19 bits per heavy atom. The fourth-order valence-corrected chi connectivity index (χ4v) is 2.66. The molecule has 0 amide bonds. The molecular formula is C16H19ClN2O2. The number of hydrogen-bond acceptors (Lipinski definition) is 4. The second-order valence-corrected chi connectivity index (χ2v) is 5.50. The molecule has 1 aromatic heterocycles. The van der Waals surface area contributed by atoms with E-state index in [4.69, 9.17) is 20.9 Å². The van der Waals surface area contributed by atoms with E-state index in [1.807, 2.05) is 30.3 Å². The monoisotopic (exact) mass is 306 g/mol. The van der Waals surface area contributed by atoms with Gasteiger partial charge in [-0.1, -0.05) is 5.16 Å². The second kappa shape index (κ2) is 6.96. The van der Waals surface area contributed by atoms with Crippen LogP contribution in [0.3, 0.4) is 0 Å². The zero-order chi connectivity index (χ0) is 14.5. The summed E-state index contributed by atoms with van der Waals surface area (Å²) in [7, 11) is 0. The van der Waals surface area contributed by atoms with Crippen molar-refractivity contribution in [3.05, 3.63) is 36.1 Å². The van der Waals surface area contributed by atoms with Crippen molar-refractivity contribution in [3.63, 3.8) is 0 Å². The number of likely N-dealkylation sites (tertiary alicyclic amines) is 1. The number of halogens is 1. The Kier molecular flexibility index (Phi) is 4.78. The highest BCUT2D eigenvalue weighted by Crippen LogP contribution is 2.22. The molecule has 0 atom stereocenters. The fraction of sp³-hybridized carbons (Fsp3) is 0.438. The SMILES string of the molecule is ClCc1cc(-c2ccc(OCCN3CCCC3)cc2)no1. The maximum Gasteiger partial charge on any atom is 0.152 e. The first-order valence-electron chi connectivity index (χ1n) is 7.32. The van der Waals surface area contributed by atoms with E-state index in [0.717, 1.165) is 30.2 Å². The van der Waals surface area contributed by atoms with Crippen LogP contribution in [0.1, 0.15) is 18.6 Å². The first-order chi connectivity index (χ1) is 10.3. The minimum absolute atomic E-state index is 0.338. The molecule has 1 fully saturated rings. The fourth-order valence-electron chi connectivity index (χ4n) is 2.53. The summed E-state index contributed by atoms with van der Waals surface area (Å²) in [6, 6.07) is 9.76. The van der Waals surface area contributed by atoms with Crippen molar-refractivity contribution in [2.75, 3.05) is 26.2 Å². The molecule has 112 valence electrons. The van der Waals surface area contributed by atoms with E-state index in [0.29, 0.717) is 11.6 Å². The molecule has 0 spiro atoms. The molecule has 0 radical (unpaired) electrons. The Balaban J connectivity index is 1.53. The van der Waals surface area contributed by atoms with Crippen LogP contribution in [0.2, 0.25) is 0 Å². The molecule has 2 heterocycles. The zero-order valence-corrected chi connectivity index (χ0v) is 12.7. The molecule has 2 aromatic rings. The number of aromatic nitrogens is 1. The smallest absolute Gasteiger partial charge is 0.152 e. The molecule has 1 aliphatic rings. The molecule has 0 aliphatic carbocycles. The quantitative estimate of drug-likeness (QED) is 0.765. The first-order valence-corrected chi connectivity index (χ1v) is 7.86. The predicted molar refractivity (Wildman–Crippen MR) is 82.7 cm³/mol. The van der Waals surface area contributed by atoms with Gasteiger partial charge in [0.25, 0.3) is 0 Å². The lowest BCUT2D eigenvalue weighted by Gasteiger charge is -2.14. The van der Waals surface area contributed by atoms with Crippen LogP contribution in [0.15, 0.2) is 34.9 Å². The molecule has 0 bridgehead atoms. The molecule has 1 aromatic carbocycles. The first kappa shape index (κ1) is 14.4. The van der Waals surface area contributed by atoms with Crippen LogP contribution < -0.4 is 4.74 Å². The van der Waals surface area contributed by atoms with Crippen molar-refractivity contribution in [2.45, 2.75) is 18.7 Å². The Hall–Kier alpha value is -1.52. The van der Waals surface area contributed by atoms with Crippen molar-refractivity contribution < 1.29 is 9.26 Å². The normalized spacial score (nSPS) is 15.5. The third-order valence-corrected chi connectivity index (χ3v) is 3.98. The molecule has 1 aliphatic heterocycles. The van der Waals surface area contributed by atoms with Gasteiger partial charge in [-0.25, -0.2) is 0 Å². The number of ether oxygens (including phenoxy) is 1. The van der Waals surface area contributed by atoms with Crippen molar-refractivity contribution >= 4 is 11.6 Å². The Labute approximate surface area is 129 Å². The van der Waals surface area contributed by atoms with Gasteiger partial charge in [0.2, 0.25) is 0 Å². The molecule has 0 N–H and O–H groups in total. The highest BCUT2D eigenvalue weighted by molar-refractivity contribution is 6.16. The third-order valence-electron chi connectivity index (χ3n) is 3.72. The van der Waals surface area contributed by atoms with Gasteiger partial charge in [0.15, 0.2) is 5.76 Å². The van der Waals surface area contributed by atoms with Gasteiger partial charge in [-0.15, -0.1) is 11.6 Å². The van der Waals surface area contributed by atoms with Gasteiger partial charge in [-0.2, -0.15) is 0 Å². The molecule has 4 nitrogen and oxygen atoms in total. The molecule has 21 heavy (non-hydrogen) atoms. The molecule has 3 rings (SSSR count). The third kappa shape index (κ3) is 3.77. The number of hydrogen-bond donors (Lipinski definition) is 0. The second-order valence-electron chi connectivity index (χ2n) is 5.23. The van der Waals surface area contributed by atoms with Gasteiger partial charge >= 0.3 is 0 Å². The number of alkyl halides is 1. The van der Waals surface area contributed by atoms with Crippen LogP contribution in [-0.2, 0) is 5.88 Å². The van der Waals surface area contributed by atoms with E-state index < -0.39 is 0 Å². The van der Waals surface area contributed by atoms with Gasteiger partial charge in [-0.05, 0) is 50.2 Å². The van der Waals surface area contributed by atoms with Crippen LogP contribution in [0.25, 0.3) is 11.3 Å². The average Bonchev–Trinajstić information content (AvgIpc) is 3.19. The minimum atomic E-state index is 0.338. The number of benzene rings is 1. The Morgan fingerprint density at radius 3 is 2.62 bits per heavy atom. The van der Waals surface area contributed by atoms with E-state index >= 15 is 0 Å². The molecule has 1 saturated heterocycles. The summed E-state index contributed by atoms with van der Waals surface area (Å²) in [5.41, 5.74) is 1.80. The standard InChI is InChI=1S/C16H19ClN2O2/c17-12-15-11-16(18-21-15)13-3-5-14(6-4-13)20-10-9-19-7-1-2-8-19/h3-6,11H,1-2,7-10,12H2. The molecular weight excluding hydrogens is 288 g/mol. The maximum atomic E-state index is 5.78. The van der Waals surface area contributed by atoms with Gasteiger partial charge in [0.1, 0.15) is 18.1 Å². The lowest BCUT2D eigenvalue weighted by atomic mass is 10.1. The van der Waals surface area contributed by atoms with Crippen LogP contribution >= 0.6 is 11.6 Å². The Bertz CT molecular complexity index is 562. The van der Waals surface area contributed by atoms with E-state index in [1.165, 1.54) is 25.9 Å². The summed E-state index contributed by atoms with van der Waals surface area (Å²) in [6.45, 7) is 4.15. The largest absolute Gasteiger partial charge is 0.492 e. The average molecular weight is 307 g/mol. The van der Waals surface area contributed by atoms with Crippen LogP contribution in [0.5, 0.6) is 5.75 Å². The van der Waals surface area contributed by atoms with E-state index in [9.17, 15) is 0 Å². The zero-order valence-electron chi connectivity index (χ0n) is 11.9. The summed E-state index contributed by atoms with van der Waals surface area (Å²) in [6.07, 6.45) is 2.63.